The number of anilines is 1. The van der Waals surface area contributed by atoms with Gasteiger partial charge in [-0.05, 0) is 42.8 Å². The van der Waals surface area contributed by atoms with Gasteiger partial charge in [-0.25, -0.2) is 0 Å². The topological polar surface area (TPSA) is 88.4 Å². The van der Waals surface area contributed by atoms with Crippen molar-refractivity contribution < 1.29 is 19.1 Å². The Balaban J connectivity index is 1.91. The first-order chi connectivity index (χ1) is 12.0. The van der Waals surface area contributed by atoms with Crippen LogP contribution in [0.15, 0.2) is 48.5 Å². The highest BCUT2D eigenvalue weighted by Crippen LogP contribution is 2.14. The van der Waals surface area contributed by atoms with Crippen molar-refractivity contribution in [3.63, 3.8) is 0 Å². The highest BCUT2D eigenvalue weighted by atomic mass is 16.5. The third-order valence-corrected chi connectivity index (χ3v) is 3.42. The van der Waals surface area contributed by atoms with Crippen molar-refractivity contribution >= 4 is 17.6 Å². The van der Waals surface area contributed by atoms with E-state index in [4.69, 9.17) is 14.7 Å². The lowest BCUT2D eigenvalue weighted by Crippen LogP contribution is -2.30. The van der Waals surface area contributed by atoms with E-state index < -0.39 is 18.0 Å². The van der Waals surface area contributed by atoms with Crippen LogP contribution in [-0.2, 0) is 20.7 Å². The van der Waals surface area contributed by atoms with Crippen LogP contribution in [0.5, 0.6) is 5.75 Å². The Labute approximate surface area is 146 Å². The van der Waals surface area contributed by atoms with Gasteiger partial charge in [0.05, 0.1) is 25.2 Å². The summed E-state index contributed by atoms with van der Waals surface area (Å²) < 4.78 is 10.3. The maximum absolute atomic E-state index is 12.1. The van der Waals surface area contributed by atoms with Crippen LogP contribution in [0.2, 0.25) is 0 Å². The molecule has 0 saturated heterocycles. The number of amides is 1. The van der Waals surface area contributed by atoms with E-state index in [1.165, 1.54) is 6.92 Å². The smallest absolute Gasteiger partial charge is 0.311 e. The van der Waals surface area contributed by atoms with Crippen LogP contribution < -0.4 is 10.1 Å². The number of nitrogens with one attached hydrogen (secondary N) is 1. The Morgan fingerprint density at radius 3 is 2.68 bits per heavy atom. The number of rotatable bonds is 6. The second kappa shape index (κ2) is 8.50. The monoisotopic (exact) mass is 338 g/mol. The van der Waals surface area contributed by atoms with Gasteiger partial charge in [-0.2, -0.15) is 5.26 Å². The molecular formula is C19H18N2O4. The molecule has 6 heteroatoms. The van der Waals surface area contributed by atoms with E-state index >= 15 is 0 Å². The van der Waals surface area contributed by atoms with Gasteiger partial charge in [0.2, 0.25) is 0 Å². The van der Waals surface area contributed by atoms with E-state index in [1.807, 2.05) is 6.07 Å². The molecule has 6 nitrogen and oxygen atoms in total. The fourth-order valence-corrected chi connectivity index (χ4v) is 2.15. The van der Waals surface area contributed by atoms with Gasteiger partial charge in [-0.3, -0.25) is 9.59 Å². The molecule has 0 radical (unpaired) electrons. The normalized spacial score (nSPS) is 11.1. The fraction of sp³-hybridized carbons (Fsp3) is 0.211. The zero-order valence-electron chi connectivity index (χ0n) is 14.0. The van der Waals surface area contributed by atoms with E-state index in [0.717, 1.165) is 5.56 Å². The van der Waals surface area contributed by atoms with Crippen molar-refractivity contribution in [2.45, 2.75) is 19.4 Å². The van der Waals surface area contributed by atoms with Crippen molar-refractivity contribution in [1.29, 1.82) is 5.26 Å². The third-order valence-electron chi connectivity index (χ3n) is 3.42. The van der Waals surface area contributed by atoms with Gasteiger partial charge in [0.25, 0.3) is 5.91 Å². The molecule has 2 aromatic rings. The lowest BCUT2D eigenvalue weighted by atomic mass is 10.1. The van der Waals surface area contributed by atoms with Crippen LogP contribution >= 0.6 is 0 Å². The fourth-order valence-electron chi connectivity index (χ4n) is 2.15. The molecule has 128 valence electrons. The average Bonchev–Trinajstić information content (AvgIpc) is 2.61. The molecule has 0 aliphatic heterocycles. The second-order valence-corrected chi connectivity index (χ2v) is 5.34. The summed E-state index contributed by atoms with van der Waals surface area (Å²) in [6.45, 7) is 1.49. The Bertz CT molecular complexity index is 811. The number of ether oxygens (including phenoxy) is 2. The van der Waals surface area contributed by atoms with Crippen LogP contribution in [0, 0.1) is 11.3 Å². The summed E-state index contributed by atoms with van der Waals surface area (Å²) in [5, 5.41) is 11.5. The molecule has 0 heterocycles. The molecule has 1 N–H and O–H groups in total. The first kappa shape index (κ1) is 18.0. The summed E-state index contributed by atoms with van der Waals surface area (Å²) in [7, 11) is 1.55. The maximum atomic E-state index is 12.1. The quantitative estimate of drug-likeness (QED) is 0.818. The second-order valence-electron chi connectivity index (χ2n) is 5.34. The number of benzene rings is 2. The van der Waals surface area contributed by atoms with Crippen LogP contribution in [0.4, 0.5) is 5.69 Å². The molecule has 25 heavy (non-hydrogen) atoms. The molecule has 0 bridgehead atoms. The molecular weight excluding hydrogens is 320 g/mol. The van der Waals surface area contributed by atoms with Crippen molar-refractivity contribution in [2.24, 2.45) is 0 Å². The maximum Gasteiger partial charge on any atom is 0.311 e. The SMILES string of the molecule is COc1cccc(CC(=O)O[C@@H](C)C(=O)Nc2cccc(C#N)c2)c1. The summed E-state index contributed by atoms with van der Waals surface area (Å²) in [5.74, 6) is -0.329. The predicted molar refractivity (Wildman–Crippen MR) is 92.0 cm³/mol. The molecule has 0 aliphatic rings. The van der Waals surface area contributed by atoms with Crippen LogP contribution in [-0.4, -0.2) is 25.1 Å². The third kappa shape index (κ3) is 5.36. The zero-order chi connectivity index (χ0) is 18.2. The van der Waals surface area contributed by atoms with Gasteiger partial charge in [-0.1, -0.05) is 18.2 Å². The summed E-state index contributed by atoms with van der Waals surface area (Å²) in [4.78, 5) is 24.1. The van der Waals surface area contributed by atoms with Gasteiger partial charge in [0.1, 0.15) is 5.75 Å². The predicted octanol–water partition coefficient (Wildman–Crippen LogP) is 2.68. The zero-order valence-corrected chi connectivity index (χ0v) is 14.0. The largest absolute Gasteiger partial charge is 0.497 e. The summed E-state index contributed by atoms with van der Waals surface area (Å²) >= 11 is 0. The highest BCUT2D eigenvalue weighted by molar-refractivity contribution is 5.95. The van der Waals surface area contributed by atoms with Crippen molar-refractivity contribution in [3.8, 4) is 11.8 Å². The minimum Gasteiger partial charge on any atom is -0.497 e. The number of carbonyl (C=O) groups is 2. The first-order valence-electron chi connectivity index (χ1n) is 7.65. The van der Waals surface area contributed by atoms with E-state index in [2.05, 4.69) is 5.32 Å². The van der Waals surface area contributed by atoms with E-state index in [1.54, 1.807) is 55.6 Å². The summed E-state index contributed by atoms with van der Waals surface area (Å²) in [6.07, 6.45) is -0.914. The molecule has 1 amide bonds. The lowest BCUT2D eigenvalue weighted by Gasteiger charge is -2.14. The van der Waals surface area contributed by atoms with E-state index in [9.17, 15) is 9.59 Å². The number of carbonyl (C=O) groups excluding carboxylic acids is 2. The van der Waals surface area contributed by atoms with Crippen LogP contribution in [0.3, 0.4) is 0 Å². The molecule has 2 aromatic carbocycles. The highest BCUT2D eigenvalue weighted by Gasteiger charge is 2.18. The number of hydrogen-bond acceptors (Lipinski definition) is 5. The number of nitrogens with zero attached hydrogens (tertiary/aromatic N) is 1. The minimum absolute atomic E-state index is 0.0404. The van der Waals surface area contributed by atoms with Gasteiger partial charge < -0.3 is 14.8 Å². The van der Waals surface area contributed by atoms with Crippen molar-refractivity contribution in [2.75, 3.05) is 12.4 Å². The van der Waals surface area contributed by atoms with Gasteiger partial charge in [-0.15, -0.1) is 0 Å². The minimum atomic E-state index is -0.955. The number of hydrogen-bond donors (Lipinski definition) is 1. The standard InChI is InChI=1S/C19H18N2O4/c1-13(19(23)21-16-7-3-6-15(9-16)12-20)25-18(22)11-14-5-4-8-17(10-14)24-2/h3-10,13H,11H2,1-2H3,(H,21,23)/t13-/m0/s1. The molecule has 2 rings (SSSR count). The van der Waals surface area contributed by atoms with Gasteiger partial charge in [0, 0.05) is 5.69 Å². The lowest BCUT2D eigenvalue weighted by molar-refractivity contribution is -0.152. The molecule has 0 unspecified atom stereocenters. The van der Waals surface area contributed by atoms with E-state index in [-0.39, 0.29) is 6.42 Å². The van der Waals surface area contributed by atoms with Crippen molar-refractivity contribution in [3.05, 3.63) is 59.7 Å². The Morgan fingerprint density at radius 1 is 1.20 bits per heavy atom. The van der Waals surface area contributed by atoms with Crippen LogP contribution in [0.25, 0.3) is 0 Å². The van der Waals surface area contributed by atoms with Crippen molar-refractivity contribution in [1.82, 2.24) is 0 Å². The molecule has 0 fully saturated rings. The first-order valence-corrected chi connectivity index (χ1v) is 7.65. The summed E-state index contributed by atoms with van der Waals surface area (Å²) in [5.41, 5.74) is 1.64. The van der Waals surface area contributed by atoms with Gasteiger partial charge in [0.15, 0.2) is 6.10 Å². The Morgan fingerprint density at radius 2 is 1.96 bits per heavy atom. The van der Waals surface area contributed by atoms with Crippen LogP contribution in [0.1, 0.15) is 18.1 Å². The molecule has 0 aromatic heterocycles. The van der Waals surface area contributed by atoms with Gasteiger partial charge >= 0.3 is 5.97 Å². The number of nitriles is 1. The number of esters is 1. The average molecular weight is 338 g/mol. The molecule has 0 aliphatic carbocycles. The Hall–Kier alpha value is -3.33. The molecule has 0 spiro atoms. The molecule has 1 atom stereocenters. The molecule has 0 saturated carbocycles. The van der Waals surface area contributed by atoms with E-state index in [0.29, 0.717) is 17.0 Å². The number of methoxy groups -OCH3 is 1. The Kier molecular flexibility index (Phi) is 6.13. The summed E-state index contributed by atoms with van der Waals surface area (Å²) in [6, 6.07) is 15.6.